The number of carboxylic acid groups (broad SMARTS) is 1. The standard InChI is InChI=1S/C20H15F6NO2S/c21-19(22,23)14-6-13(7-15(9-14)20(24,25)26)17-8-12-5-11(1-2-16(12)30-17)10-27-4-3-18(28)29/h1-2,5-9,27H,3-4,10H2,(H,28,29). The molecule has 0 saturated carbocycles. The van der Waals surface area contributed by atoms with E-state index in [0.717, 1.165) is 16.9 Å². The first kappa shape index (κ1) is 22.1. The smallest absolute Gasteiger partial charge is 0.416 e. The average Bonchev–Trinajstić information content (AvgIpc) is 3.07. The summed E-state index contributed by atoms with van der Waals surface area (Å²) in [5, 5.41) is 12.3. The van der Waals surface area contributed by atoms with E-state index in [9.17, 15) is 31.1 Å². The van der Waals surface area contributed by atoms with E-state index in [1.807, 2.05) is 0 Å². The molecule has 0 spiro atoms. The Morgan fingerprint density at radius 3 is 2.13 bits per heavy atom. The molecule has 0 fully saturated rings. The van der Waals surface area contributed by atoms with Gasteiger partial charge in [-0.05, 0) is 52.9 Å². The summed E-state index contributed by atoms with van der Waals surface area (Å²) < 4.78 is 79.3. The largest absolute Gasteiger partial charge is 0.481 e. The van der Waals surface area contributed by atoms with Gasteiger partial charge in [-0.3, -0.25) is 4.79 Å². The summed E-state index contributed by atoms with van der Waals surface area (Å²) in [5.41, 5.74) is -2.04. The number of benzene rings is 2. The van der Waals surface area contributed by atoms with Crippen molar-refractivity contribution in [3.8, 4) is 10.4 Å². The first-order valence-electron chi connectivity index (χ1n) is 8.68. The second kappa shape index (κ2) is 8.27. The highest BCUT2D eigenvalue weighted by Crippen LogP contribution is 2.41. The Bertz CT molecular complexity index is 1040. The molecule has 0 unspecified atom stereocenters. The number of hydrogen-bond acceptors (Lipinski definition) is 3. The molecule has 0 aliphatic heterocycles. The van der Waals surface area contributed by atoms with Crippen molar-refractivity contribution >= 4 is 27.4 Å². The fourth-order valence-corrected chi connectivity index (χ4v) is 3.90. The normalized spacial score (nSPS) is 12.5. The van der Waals surface area contributed by atoms with Crippen molar-refractivity contribution in [2.45, 2.75) is 25.3 Å². The Hall–Kier alpha value is -2.59. The number of carbonyl (C=O) groups is 1. The monoisotopic (exact) mass is 447 g/mol. The topological polar surface area (TPSA) is 49.3 Å². The van der Waals surface area contributed by atoms with Gasteiger partial charge in [0.15, 0.2) is 0 Å². The highest BCUT2D eigenvalue weighted by atomic mass is 32.1. The highest BCUT2D eigenvalue weighted by molar-refractivity contribution is 7.22. The molecule has 3 aromatic rings. The van der Waals surface area contributed by atoms with E-state index in [1.54, 1.807) is 24.3 Å². The summed E-state index contributed by atoms with van der Waals surface area (Å²) in [6.45, 7) is 0.656. The Morgan fingerprint density at radius 2 is 1.57 bits per heavy atom. The van der Waals surface area contributed by atoms with Gasteiger partial charge in [0, 0.05) is 22.7 Å². The van der Waals surface area contributed by atoms with Crippen molar-refractivity contribution in [3.63, 3.8) is 0 Å². The van der Waals surface area contributed by atoms with Gasteiger partial charge in [0.25, 0.3) is 0 Å². The van der Waals surface area contributed by atoms with Crippen LogP contribution >= 0.6 is 11.3 Å². The third-order valence-electron chi connectivity index (χ3n) is 4.30. The molecule has 2 N–H and O–H groups in total. The van der Waals surface area contributed by atoms with Crippen molar-refractivity contribution in [3.05, 3.63) is 59.2 Å². The summed E-state index contributed by atoms with van der Waals surface area (Å²) >= 11 is 1.10. The summed E-state index contributed by atoms with van der Waals surface area (Å²) in [6, 6.07) is 8.36. The zero-order valence-corrected chi connectivity index (χ0v) is 16.0. The minimum atomic E-state index is -4.90. The van der Waals surface area contributed by atoms with Gasteiger partial charge in [-0.2, -0.15) is 26.3 Å². The van der Waals surface area contributed by atoms with Crippen molar-refractivity contribution in [2.24, 2.45) is 0 Å². The second-order valence-corrected chi connectivity index (χ2v) is 7.68. The lowest BCUT2D eigenvalue weighted by atomic mass is 10.0. The maximum Gasteiger partial charge on any atom is 0.416 e. The van der Waals surface area contributed by atoms with E-state index in [2.05, 4.69) is 5.32 Å². The molecule has 0 radical (unpaired) electrons. The number of nitrogens with one attached hydrogen (secondary N) is 1. The predicted octanol–water partition coefficient (Wildman–Crippen LogP) is 6.17. The molecule has 0 saturated heterocycles. The predicted molar refractivity (Wildman–Crippen MR) is 101 cm³/mol. The van der Waals surface area contributed by atoms with Crippen LogP contribution in [0, 0.1) is 0 Å². The minimum Gasteiger partial charge on any atom is -0.481 e. The second-order valence-electron chi connectivity index (χ2n) is 6.60. The first-order valence-corrected chi connectivity index (χ1v) is 9.50. The van der Waals surface area contributed by atoms with Gasteiger partial charge in [0.05, 0.1) is 17.5 Å². The van der Waals surface area contributed by atoms with E-state index < -0.39 is 29.4 Å². The molecular weight excluding hydrogens is 432 g/mol. The number of thiophene rings is 1. The third kappa shape index (κ3) is 5.31. The molecule has 1 aromatic heterocycles. The van der Waals surface area contributed by atoms with Gasteiger partial charge in [-0.1, -0.05) is 6.07 Å². The number of alkyl halides is 6. The van der Waals surface area contributed by atoms with E-state index in [4.69, 9.17) is 5.11 Å². The number of rotatable bonds is 6. The molecular formula is C20H15F6NO2S. The molecule has 0 amide bonds. The molecule has 0 aliphatic rings. The SMILES string of the molecule is O=C(O)CCNCc1ccc2sc(-c3cc(C(F)(F)F)cc(C(F)(F)F)c3)cc2c1. The van der Waals surface area contributed by atoms with Crippen LogP contribution in [0.4, 0.5) is 26.3 Å². The van der Waals surface area contributed by atoms with Gasteiger partial charge in [0.1, 0.15) is 0 Å². The lowest BCUT2D eigenvalue weighted by Gasteiger charge is -2.13. The Kier molecular flexibility index (Phi) is 6.09. The van der Waals surface area contributed by atoms with Crippen LogP contribution in [0.15, 0.2) is 42.5 Å². The van der Waals surface area contributed by atoms with Gasteiger partial charge in [-0.15, -0.1) is 11.3 Å². The van der Waals surface area contributed by atoms with Crippen molar-refractivity contribution in [2.75, 3.05) is 6.54 Å². The first-order chi connectivity index (χ1) is 13.9. The number of fused-ring (bicyclic) bond motifs is 1. The third-order valence-corrected chi connectivity index (χ3v) is 5.46. The van der Waals surface area contributed by atoms with Crippen LogP contribution in [0.1, 0.15) is 23.1 Å². The van der Waals surface area contributed by atoms with Crippen molar-refractivity contribution < 1.29 is 36.2 Å². The van der Waals surface area contributed by atoms with E-state index in [1.165, 1.54) is 0 Å². The van der Waals surface area contributed by atoms with E-state index >= 15 is 0 Å². The van der Waals surface area contributed by atoms with Crippen molar-refractivity contribution in [1.82, 2.24) is 5.32 Å². The van der Waals surface area contributed by atoms with Crippen LogP contribution in [0.25, 0.3) is 20.5 Å². The number of halogens is 6. The zero-order valence-electron chi connectivity index (χ0n) is 15.2. The number of hydrogen-bond donors (Lipinski definition) is 2. The number of carboxylic acids is 1. The molecule has 0 atom stereocenters. The molecule has 10 heteroatoms. The fourth-order valence-electron chi connectivity index (χ4n) is 2.87. The Labute approximate surface area is 170 Å². The van der Waals surface area contributed by atoms with Crippen LogP contribution in [0.2, 0.25) is 0 Å². The van der Waals surface area contributed by atoms with Crippen LogP contribution in [-0.2, 0) is 23.7 Å². The molecule has 1 heterocycles. The molecule has 3 nitrogen and oxygen atoms in total. The molecule has 160 valence electrons. The quantitative estimate of drug-likeness (QED) is 0.351. The van der Waals surface area contributed by atoms with Gasteiger partial charge >= 0.3 is 18.3 Å². The van der Waals surface area contributed by atoms with Crippen molar-refractivity contribution in [1.29, 1.82) is 0 Å². The average molecular weight is 447 g/mol. The lowest BCUT2D eigenvalue weighted by Crippen LogP contribution is -2.17. The number of aliphatic carboxylic acids is 1. The molecule has 0 aliphatic carbocycles. The Morgan fingerprint density at radius 1 is 0.933 bits per heavy atom. The zero-order chi connectivity index (χ0) is 22.1. The maximum absolute atomic E-state index is 13.1. The molecule has 3 rings (SSSR count). The lowest BCUT2D eigenvalue weighted by molar-refractivity contribution is -0.143. The van der Waals surface area contributed by atoms with Crippen LogP contribution in [0.5, 0.6) is 0 Å². The summed E-state index contributed by atoms with van der Waals surface area (Å²) in [7, 11) is 0. The van der Waals surface area contributed by atoms with Crippen LogP contribution in [0.3, 0.4) is 0 Å². The van der Waals surface area contributed by atoms with E-state index in [-0.39, 0.29) is 29.5 Å². The van der Waals surface area contributed by atoms with Gasteiger partial charge in [-0.25, -0.2) is 0 Å². The highest BCUT2D eigenvalue weighted by Gasteiger charge is 2.37. The Balaban J connectivity index is 1.93. The summed E-state index contributed by atoms with van der Waals surface area (Å²) in [6.07, 6.45) is -9.84. The molecule has 2 aromatic carbocycles. The minimum absolute atomic E-state index is 0.0398. The van der Waals surface area contributed by atoms with E-state index in [0.29, 0.717) is 28.8 Å². The molecule has 0 bridgehead atoms. The summed E-state index contributed by atoms with van der Waals surface area (Å²) in [4.78, 5) is 10.8. The maximum atomic E-state index is 13.1. The van der Waals surface area contributed by atoms with Crippen LogP contribution in [-0.4, -0.2) is 17.6 Å². The van der Waals surface area contributed by atoms with Gasteiger partial charge < -0.3 is 10.4 Å². The fraction of sp³-hybridized carbons (Fsp3) is 0.250. The van der Waals surface area contributed by atoms with Crippen LogP contribution < -0.4 is 5.32 Å². The summed E-state index contributed by atoms with van der Waals surface area (Å²) in [5.74, 6) is -0.931. The molecule has 30 heavy (non-hydrogen) atoms. The van der Waals surface area contributed by atoms with Gasteiger partial charge in [0.2, 0.25) is 0 Å².